The van der Waals surface area contributed by atoms with Crippen molar-refractivity contribution in [2.24, 2.45) is 5.92 Å². The molecule has 166 valence electrons. The molecule has 0 heterocycles. The summed E-state index contributed by atoms with van der Waals surface area (Å²) < 4.78 is 24.2. The quantitative estimate of drug-likeness (QED) is 0.377. The highest BCUT2D eigenvalue weighted by Crippen LogP contribution is 2.60. The molecular formula is C22H25ClFN3O4. The van der Waals surface area contributed by atoms with Crippen molar-refractivity contribution < 1.29 is 23.5 Å². The van der Waals surface area contributed by atoms with Crippen LogP contribution < -0.4 is 15.4 Å². The molecule has 3 saturated carbocycles. The van der Waals surface area contributed by atoms with Crippen LogP contribution in [0.4, 0.5) is 4.39 Å². The molecule has 0 aliphatic heterocycles. The largest absolute Gasteiger partial charge is 0.484 e. The average Bonchev–Trinajstić information content (AvgIpc) is 2.62. The van der Waals surface area contributed by atoms with Gasteiger partial charge in [0, 0.05) is 28.8 Å². The number of hydrogen-bond acceptors (Lipinski definition) is 5. The summed E-state index contributed by atoms with van der Waals surface area (Å²) in [4.78, 5) is 24.3. The summed E-state index contributed by atoms with van der Waals surface area (Å²) in [6.07, 6.45) is 4.94. The van der Waals surface area contributed by atoms with E-state index < -0.39 is 5.82 Å². The van der Waals surface area contributed by atoms with Crippen LogP contribution in [0.5, 0.6) is 5.75 Å². The summed E-state index contributed by atoms with van der Waals surface area (Å²) >= 11 is 5.62. The van der Waals surface area contributed by atoms with E-state index in [0.717, 1.165) is 18.1 Å². The fourth-order valence-corrected chi connectivity index (χ4v) is 4.83. The van der Waals surface area contributed by atoms with E-state index in [2.05, 4.69) is 10.6 Å². The lowest BCUT2D eigenvalue weighted by Gasteiger charge is -2.70. The van der Waals surface area contributed by atoms with Crippen LogP contribution in [0.2, 0.25) is 5.02 Å². The molecule has 0 spiro atoms. The second-order valence-corrected chi connectivity index (χ2v) is 9.20. The first-order valence-electron chi connectivity index (χ1n) is 10.2. The zero-order chi connectivity index (χ0) is 22.2. The van der Waals surface area contributed by atoms with Crippen molar-refractivity contribution in [3.63, 3.8) is 0 Å². The summed E-state index contributed by atoms with van der Waals surface area (Å²) in [7, 11) is 0. The molecule has 1 aromatic carbocycles. The van der Waals surface area contributed by atoms with Gasteiger partial charge < -0.3 is 25.5 Å². The number of nitrogens with one attached hydrogen (secondary N) is 3. The van der Waals surface area contributed by atoms with Gasteiger partial charge in [0.1, 0.15) is 18.2 Å². The summed E-state index contributed by atoms with van der Waals surface area (Å²) in [6.45, 7) is 1.92. The second-order valence-electron chi connectivity index (χ2n) is 8.80. The van der Waals surface area contributed by atoms with Gasteiger partial charge in [-0.3, -0.25) is 9.59 Å². The summed E-state index contributed by atoms with van der Waals surface area (Å²) in [5.41, 5.74) is 1.12. The maximum absolute atomic E-state index is 13.4. The highest BCUT2D eigenvalue weighted by molar-refractivity contribution is 6.30. The number of ether oxygens (including phenoxy) is 2. The number of benzene rings is 1. The molecule has 5 rings (SSSR count). The van der Waals surface area contributed by atoms with Crippen molar-refractivity contribution in [1.82, 2.24) is 10.6 Å². The molecule has 3 N–H and O–H groups in total. The molecular weight excluding hydrogens is 425 g/mol. The van der Waals surface area contributed by atoms with Gasteiger partial charge in [-0.2, -0.15) is 0 Å². The van der Waals surface area contributed by atoms with Crippen LogP contribution in [0.25, 0.3) is 0 Å². The van der Waals surface area contributed by atoms with Crippen LogP contribution in [-0.4, -0.2) is 48.4 Å². The normalized spacial score (nSPS) is 27.7. The van der Waals surface area contributed by atoms with E-state index in [1.807, 2.05) is 6.08 Å². The molecule has 0 saturated heterocycles. The minimum atomic E-state index is -0.602. The van der Waals surface area contributed by atoms with Gasteiger partial charge in [0.25, 0.3) is 5.91 Å². The highest BCUT2D eigenvalue weighted by atomic mass is 35.5. The molecule has 9 heteroatoms. The molecule has 1 unspecified atom stereocenters. The van der Waals surface area contributed by atoms with Crippen molar-refractivity contribution in [2.75, 3.05) is 19.8 Å². The molecule has 2 amide bonds. The van der Waals surface area contributed by atoms with Gasteiger partial charge in [0.15, 0.2) is 6.61 Å². The van der Waals surface area contributed by atoms with Crippen molar-refractivity contribution in [3.05, 3.63) is 40.7 Å². The number of rotatable bonds is 10. The lowest BCUT2D eigenvalue weighted by atomic mass is 9.44. The number of amides is 2. The molecule has 31 heavy (non-hydrogen) atoms. The van der Waals surface area contributed by atoms with Crippen LogP contribution >= 0.6 is 11.6 Å². The second kappa shape index (κ2) is 8.24. The standard InChI is InChI=1S/C22H25ClFN3O4/c1-13(25)16-4-2-14(16)7-30-8-19(28)26-21-10-22(11-21,12-21)27-20(29)9-31-15-3-5-17(23)18(24)6-15/h2-3,5-6,16,25H,4,7-12H2,1H3,(H,26,28)(H,27,29). The minimum absolute atomic E-state index is 0.00538. The molecule has 0 aromatic heterocycles. The maximum atomic E-state index is 13.4. The SMILES string of the molecule is CC(=N)C1CC=C1COCC(=O)NC12CC(NC(=O)COc3ccc(Cl)c(F)c3)(C1)C2. The number of carbonyl (C=O) groups excluding carboxylic acids is 2. The fraction of sp³-hybridized carbons (Fsp3) is 0.500. The molecule has 2 bridgehead atoms. The number of halogens is 2. The molecule has 4 aliphatic rings. The van der Waals surface area contributed by atoms with Gasteiger partial charge in [-0.25, -0.2) is 4.39 Å². The van der Waals surface area contributed by atoms with Crippen LogP contribution in [0, 0.1) is 17.1 Å². The lowest BCUT2D eigenvalue weighted by molar-refractivity contribution is -0.152. The Labute approximate surface area is 184 Å². The van der Waals surface area contributed by atoms with E-state index in [1.165, 1.54) is 12.1 Å². The molecule has 1 atom stereocenters. The predicted molar refractivity (Wildman–Crippen MR) is 113 cm³/mol. The van der Waals surface area contributed by atoms with Gasteiger partial charge >= 0.3 is 0 Å². The van der Waals surface area contributed by atoms with Gasteiger partial charge in [-0.1, -0.05) is 17.7 Å². The number of allylic oxidation sites excluding steroid dienone is 1. The Hall–Kier alpha value is -2.45. The highest BCUT2D eigenvalue weighted by Gasteiger charge is 2.69. The van der Waals surface area contributed by atoms with Crippen molar-refractivity contribution in [3.8, 4) is 5.75 Å². The van der Waals surface area contributed by atoms with E-state index in [0.29, 0.717) is 31.6 Å². The van der Waals surface area contributed by atoms with E-state index in [1.54, 1.807) is 6.92 Å². The van der Waals surface area contributed by atoms with Crippen LogP contribution in [0.3, 0.4) is 0 Å². The Balaban J connectivity index is 1.13. The lowest BCUT2D eigenvalue weighted by Crippen LogP contribution is -2.84. The Morgan fingerprint density at radius 3 is 2.39 bits per heavy atom. The van der Waals surface area contributed by atoms with Crippen LogP contribution in [-0.2, 0) is 14.3 Å². The topological polar surface area (TPSA) is 101 Å². The van der Waals surface area contributed by atoms with Gasteiger partial charge in [-0.15, -0.1) is 0 Å². The summed E-state index contributed by atoms with van der Waals surface area (Å²) in [5.74, 6) is -0.668. The molecule has 0 radical (unpaired) electrons. The third kappa shape index (κ3) is 4.60. The van der Waals surface area contributed by atoms with Crippen molar-refractivity contribution in [2.45, 2.75) is 43.7 Å². The first kappa shape index (κ1) is 21.8. The zero-order valence-electron chi connectivity index (χ0n) is 17.2. The summed E-state index contributed by atoms with van der Waals surface area (Å²) in [6, 6.07) is 4.01. The van der Waals surface area contributed by atoms with E-state index in [4.69, 9.17) is 26.5 Å². The Morgan fingerprint density at radius 2 is 1.84 bits per heavy atom. The van der Waals surface area contributed by atoms with E-state index in [-0.39, 0.29) is 52.8 Å². The van der Waals surface area contributed by atoms with Gasteiger partial charge in [-0.05, 0) is 50.3 Å². The average molecular weight is 450 g/mol. The first-order valence-corrected chi connectivity index (χ1v) is 10.6. The fourth-order valence-electron chi connectivity index (χ4n) is 4.71. The molecule has 7 nitrogen and oxygen atoms in total. The van der Waals surface area contributed by atoms with Crippen LogP contribution in [0.15, 0.2) is 29.8 Å². The Kier molecular flexibility index (Phi) is 5.79. The monoisotopic (exact) mass is 449 g/mol. The maximum Gasteiger partial charge on any atom is 0.258 e. The predicted octanol–water partition coefficient (Wildman–Crippen LogP) is 2.77. The summed E-state index contributed by atoms with van der Waals surface area (Å²) in [5, 5.41) is 13.6. The Morgan fingerprint density at radius 1 is 1.19 bits per heavy atom. The first-order chi connectivity index (χ1) is 14.7. The van der Waals surface area contributed by atoms with Crippen LogP contribution in [0.1, 0.15) is 32.6 Å². The minimum Gasteiger partial charge on any atom is -0.484 e. The zero-order valence-corrected chi connectivity index (χ0v) is 18.0. The Bertz CT molecular complexity index is 944. The van der Waals surface area contributed by atoms with Crippen molar-refractivity contribution >= 4 is 29.1 Å². The third-order valence-electron chi connectivity index (χ3n) is 6.19. The molecule has 1 aromatic rings. The van der Waals surface area contributed by atoms with E-state index in [9.17, 15) is 14.0 Å². The smallest absolute Gasteiger partial charge is 0.258 e. The molecule has 4 aliphatic carbocycles. The number of hydrogen-bond donors (Lipinski definition) is 3. The number of carbonyl (C=O) groups is 2. The van der Waals surface area contributed by atoms with Gasteiger partial charge in [0.05, 0.1) is 11.6 Å². The molecule has 3 fully saturated rings. The third-order valence-corrected chi connectivity index (χ3v) is 6.49. The van der Waals surface area contributed by atoms with E-state index >= 15 is 0 Å². The van der Waals surface area contributed by atoms with Gasteiger partial charge in [0.2, 0.25) is 5.91 Å². The van der Waals surface area contributed by atoms with Crippen molar-refractivity contribution in [1.29, 1.82) is 5.41 Å².